The van der Waals surface area contributed by atoms with Gasteiger partial charge in [0.05, 0.1) is 5.60 Å². The zero-order valence-electron chi connectivity index (χ0n) is 11.1. The molecule has 2 aliphatic rings. The Balaban J connectivity index is 1.85. The summed E-state index contributed by atoms with van der Waals surface area (Å²) in [5.41, 5.74) is 0.0879. The average Bonchev–Trinajstić information content (AvgIpc) is 2.88. The minimum atomic E-state index is -0.388. The third-order valence-electron chi connectivity index (χ3n) is 4.65. The van der Waals surface area contributed by atoms with E-state index in [0.717, 1.165) is 31.3 Å². The molecule has 0 unspecified atom stereocenters. The molecule has 0 aromatic heterocycles. The molecule has 0 bridgehead atoms. The maximum Gasteiger partial charge on any atom is 0.0774 e. The number of rotatable bonds is 5. The summed E-state index contributed by atoms with van der Waals surface area (Å²) in [6.07, 6.45) is 9.86. The van der Waals surface area contributed by atoms with Crippen molar-refractivity contribution in [2.45, 2.75) is 57.0 Å². The highest BCUT2D eigenvalue weighted by atomic mass is 79.9. The summed E-state index contributed by atoms with van der Waals surface area (Å²) in [6, 6.07) is 0. The molecule has 0 radical (unpaired) electrons. The molecule has 0 aliphatic heterocycles. The summed E-state index contributed by atoms with van der Waals surface area (Å²) in [5.74, 6) is 0. The van der Waals surface area contributed by atoms with Gasteiger partial charge >= 0.3 is 0 Å². The first-order chi connectivity index (χ1) is 8.08. The summed E-state index contributed by atoms with van der Waals surface area (Å²) >= 11 is 3.70. The number of halogens is 1. The summed E-state index contributed by atoms with van der Waals surface area (Å²) in [5, 5.41) is 11.6. The first-order valence-electron chi connectivity index (χ1n) is 7.05. The predicted molar refractivity (Wildman–Crippen MR) is 75.6 cm³/mol. The lowest BCUT2D eigenvalue weighted by Gasteiger charge is -2.35. The fraction of sp³-hybridized carbons (Fsp3) is 1.00. The number of likely N-dealkylation sites (N-methyl/N-ethyl adjacent to an activating group) is 1. The van der Waals surface area contributed by atoms with Crippen LogP contribution in [0.4, 0.5) is 0 Å². The Bertz CT molecular complexity index is 245. The van der Waals surface area contributed by atoms with Crippen LogP contribution in [0.1, 0.15) is 51.4 Å². The zero-order chi connectivity index (χ0) is 12.4. The predicted octanol–water partition coefficient (Wildman–Crippen LogP) is 3.18. The average molecular weight is 304 g/mol. The van der Waals surface area contributed by atoms with Crippen LogP contribution in [0, 0.1) is 5.41 Å². The fourth-order valence-corrected chi connectivity index (χ4v) is 4.52. The van der Waals surface area contributed by atoms with Crippen LogP contribution in [0.15, 0.2) is 0 Å². The molecule has 0 aromatic rings. The highest BCUT2D eigenvalue weighted by Gasteiger charge is 2.37. The number of hydrogen-bond donors (Lipinski definition) is 1. The minimum absolute atomic E-state index is 0.388. The fourth-order valence-electron chi connectivity index (χ4n) is 3.78. The topological polar surface area (TPSA) is 23.5 Å². The van der Waals surface area contributed by atoms with Gasteiger partial charge < -0.3 is 10.0 Å². The molecule has 2 aliphatic carbocycles. The number of aliphatic hydroxyl groups is 1. The minimum Gasteiger partial charge on any atom is -0.389 e. The first kappa shape index (κ1) is 13.8. The van der Waals surface area contributed by atoms with Crippen molar-refractivity contribution in [1.82, 2.24) is 4.90 Å². The van der Waals surface area contributed by atoms with Crippen LogP contribution in [0.2, 0.25) is 0 Å². The molecule has 1 N–H and O–H groups in total. The maximum atomic E-state index is 10.4. The Morgan fingerprint density at radius 1 is 1.00 bits per heavy atom. The molecule has 2 rings (SSSR count). The Labute approximate surface area is 114 Å². The van der Waals surface area contributed by atoms with Gasteiger partial charge in [-0.3, -0.25) is 0 Å². The second-order valence-corrected chi connectivity index (χ2v) is 7.01. The van der Waals surface area contributed by atoms with Crippen LogP contribution in [-0.4, -0.2) is 41.1 Å². The second kappa shape index (κ2) is 5.58. The quantitative estimate of drug-likeness (QED) is 0.789. The molecule has 100 valence electrons. The molecule has 2 nitrogen and oxygen atoms in total. The smallest absolute Gasteiger partial charge is 0.0774 e. The van der Waals surface area contributed by atoms with Crippen molar-refractivity contribution in [2.24, 2.45) is 5.41 Å². The molecule has 0 amide bonds. The van der Waals surface area contributed by atoms with Crippen LogP contribution >= 0.6 is 15.9 Å². The van der Waals surface area contributed by atoms with Crippen LogP contribution in [0.5, 0.6) is 0 Å². The van der Waals surface area contributed by atoms with E-state index in [-0.39, 0.29) is 5.60 Å². The van der Waals surface area contributed by atoms with Gasteiger partial charge in [0, 0.05) is 18.4 Å². The lowest BCUT2D eigenvalue weighted by Crippen LogP contribution is -2.44. The van der Waals surface area contributed by atoms with E-state index in [1.807, 2.05) is 0 Å². The SMILES string of the molecule is CN(CC1(O)CCCC1)CC1(CBr)CCCC1. The van der Waals surface area contributed by atoms with E-state index in [2.05, 4.69) is 27.9 Å². The van der Waals surface area contributed by atoms with Gasteiger partial charge in [-0.15, -0.1) is 0 Å². The lowest BCUT2D eigenvalue weighted by molar-refractivity contribution is 0.00773. The van der Waals surface area contributed by atoms with Gasteiger partial charge in [0.15, 0.2) is 0 Å². The van der Waals surface area contributed by atoms with E-state index in [0.29, 0.717) is 5.41 Å². The van der Waals surface area contributed by atoms with E-state index in [1.165, 1.54) is 38.5 Å². The van der Waals surface area contributed by atoms with Crippen molar-refractivity contribution >= 4 is 15.9 Å². The van der Waals surface area contributed by atoms with Crippen molar-refractivity contribution in [1.29, 1.82) is 0 Å². The summed E-state index contributed by atoms with van der Waals surface area (Å²) in [4.78, 5) is 2.37. The monoisotopic (exact) mass is 303 g/mol. The molecule has 0 spiro atoms. The highest BCUT2D eigenvalue weighted by molar-refractivity contribution is 9.09. The Kier molecular flexibility index (Phi) is 4.54. The van der Waals surface area contributed by atoms with Crippen LogP contribution in [0.25, 0.3) is 0 Å². The van der Waals surface area contributed by atoms with E-state index in [4.69, 9.17) is 0 Å². The normalized spacial score (nSPS) is 26.8. The number of alkyl halides is 1. The molecule has 0 atom stereocenters. The largest absolute Gasteiger partial charge is 0.389 e. The summed E-state index contributed by atoms with van der Waals surface area (Å²) in [7, 11) is 2.18. The van der Waals surface area contributed by atoms with Crippen molar-refractivity contribution in [3.05, 3.63) is 0 Å². The molecule has 0 aromatic carbocycles. The van der Waals surface area contributed by atoms with Crippen LogP contribution < -0.4 is 0 Å². The molecular formula is C14H26BrNO. The molecule has 0 saturated heterocycles. The van der Waals surface area contributed by atoms with Gasteiger partial charge in [0.25, 0.3) is 0 Å². The van der Waals surface area contributed by atoms with E-state index < -0.39 is 0 Å². The van der Waals surface area contributed by atoms with E-state index in [9.17, 15) is 5.11 Å². The van der Waals surface area contributed by atoms with Gasteiger partial charge in [-0.05, 0) is 38.1 Å². The second-order valence-electron chi connectivity index (χ2n) is 6.44. The molecule has 2 saturated carbocycles. The Morgan fingerprint density at radius 2 is 1.53 bits per heavy atom. The Morgan fingerprint density at radius 3 is 2.06 bits per heavy atom. The Hall–Kier alpha value is 0.400. The van der Waals surface area contributed by atoms with Gasteiger partial charge in [0.1, 0.15) is 0 Å². The van der Waals surface area contributed by atoms with Gasteiger partial charge in [0.2, 0.25) is 0 Å². The third kappa shape index (κ3) is 3.45. The summed E-state index contributed by atoms with van der Waals surface area (Å²) < 4.78 is 0. The van der Waals surface area contributed by atoms with E-state index >= 15 is 0 Å². The van der Waals surface area contributed by atoms with E-state index in [1.54, 1.807) is 0 Å². The molecule has 2 fully saturated rings. The van der Waals surface area contributed by atoms with Gasteiger partial charge in [-0.1, -0.05) is 41.6 Å². The van der Waals surface area contributed by atoms with Crippen molar-refractivity contribution in [3.8, 4) is 0 Å². The van der Waals surface area contributed by atoms with Crippen LogP contribution in [0.3, 0.4) is 0 Å². The van der Waals surface area contributed by atoms with Crippen LogP contribution in [-0.2, 0) is 0 Å². The van der Waals surface area contributed by atoms with Crippen molar-refractivity contribution < 1.29 is 5.11 Å². The highest BCUT2D eigenvalue weighted by Crippen LogP contribution is 2.40. The van der Waals surface area contributed by atoms with Gasteiger partial charge in [-0.2, -0.15) is 0 Å². The standard InChI is InChI=1S/C14H26BrNO/c1-16(12-14(17)8-4-5-9-14)11-13(10-15)6-2-3-7-13/h17H,2-12H2,1H3. The number of nitrogens with zero attached hydrogens (tertiary/aromatic N) is 1. The van der Waals surface area contributed by atoms with Gasteiger partial charge in [-0.25, -0.2) is 0 Å². The maximum absolute atomic E-state index is 10.4. The third-order valence-corrected chi connectivity index (χ3v) is 5.84. The van der Waals surface area contributed by atoms with Crippen molar-refractivity contribution in [3.63, 3.8) is 0 Å². The lowest BCUT2D eigenvalue weighted by atomic mass is 9.87. The molecule has 3 heteroatoms. The molecule has 0 heterocycles. The number of hydrogen-bond acceptors (Lipinski definition) is 2. The summed E-state index contributed by atoms with van der Waals surface area (Å²) in [6.45, 7) is 2.00. The zero-order valence-corrected chi connectivity index (χ0v) is 12.6. The molecule has 17 heavy (non-hydrogen) atoms. The first-order valence-corrected chi connectivity index (χ1v) is 8.17. The molecular weight excluding hydrogens is 278 g/mol. The van der Waals surface area contributed by atoms with Crippen molar-refractivity contribution in [2.75, 3.05) is 25.5 Å².